The van der Waals surface area contributed by atoms with Crippen molar-refractivity contribution in [3.05, 3.63) is 59.0 Å². The van der Waals surface area contributed by atoms with Crippen molar-refractivity contribution in [3.63, 3.8) is 0 Å². The summed E-state index contributed by atoms with van der Waals surface area (Å²) in [6.07, 6.45) is 4.70. The van der Waals surface area contributed by atoms with Gasteiger partial charge in [0.1, 0.15) is 5.58 Å². The summed E-state index contributed by atoms with van der Waals surface area (Å²) in [5, 5.41) is 0.577. The van der Waals surface area contributed by atoms with Gasteiger partial charge in [-0.1, -0.05) is 18.2 Å². The quantitative estimate of drug-likeness (QED) is 0.556. The molecule has 30 heavy (non-hydrogen) atoms. The standard InChI is InChI=1S/C23H26N2O5/c1-3-10-25-20(26)13-18(22(28)29-2)23(25)8-11-24(12-9-23)14-16-15-30-19-7-5-4-6-17(19)21(16)27/h3-7,15,18H,1,8-14H2,2H3. The van der Waals surface area contributed by atoms with E-state index in [1.807, 2.05) is 12.1 Å². The second-order valence-electron chi connectivity index (χ2n) is 8.04. The molecule has 158 valence electrons. The van der Waals surface area contributed by atoms with E-state index in [1.54, 1.807) is 23.1 Å². The number of carbonyl (C=O) groups is 2. The zero-order chi connectivity index (χ0) is 21.3. The van der Waals surface area contributed by atoms with E-state index in [0.29, 0.717) is 55.6 Å². The number of nitrogens with zero attached hydrogens (tertiary/aromatic N) is 2. The molecule has 1 amide bonds. The SMILES string of the molecule is C=CCN1C(=O)CC(C(=O)OC)C12CCN(Cc1coc3ccccc3c1=O)CC2. The van der Waals surface area contributed by atoms with E-state index in [4.69, 9.17) is 9.15 Å². The van der Waals surface area contributed by atoms with E-state index in [9.17, 15) is 14.4 Å². The minimum Gasteiger partial charge on any atom is -0.469 e. The van der Waals surface area contributed by atoms with Crippen LogP contribution in [0.1, 0.15) is 24.8 Å². The fraction of sp³-hybridized carbons (Fsp3) is 0.435. The molecule has 7 heteroatoms. The number of fused-ring (bicyclic) bond motifs is 1. The molecule has 2 aliphatic rings. The Morgan fingerprint density at radius 3 is 2.73 bits per heavy atom. The van der Waals surface area contributed by atoms with Gasteiger partial charge in [-0.25, -0.2) is 0 Å². The van der Waals surface area contributed by atoms with E-state index >= 15 is 0 Å². The van der Waals surface area contributed by atoms with Crippen molar-refractivity contribution in [1.29, 1.82) is 0 Å². The lowest BCUT2D eigenvalue weighted by atomic mass is 9.76. The van der Waals surface area contributed by atoms with Crippen molar-refractivity contribution in [1.82, 2.24) is 9.80 Å². The average Bonchev–Trinajstić information content (AvgIpc) is 3.03. The van der Waals surface area contributed by atoms with Crippen molar-refractivity contribution in [3.8, 4) is 0 Å². The van der Waals surface area contributed by atoms with Gasteiger partial charge in [0.05, 0.1) is 30.2 Å². The van der Waals surface area contributed by atoms with Crippen LogP contribution in [0.5, 0.6) is 0 Å². The van der Waals surface area contributed by atoms with Crippen LogP contribution in [0.3, 0.4) is 0 Å². The molecule has 0 N–H and O–H groups in total. The predicted molar refractivity (Wildman–Crippen MR) is 112 cm³/mol. The van der Waals surface area contributed by atoms with Gasteiger partial charge in [0.2, 0.25) is 5.91 Å². The highest BCUT2D eigenvalue weighted by Gasteiger charge is 2.56. The number of rotatable bonds is 5. The molecule has 1 unspecified atom stereocenters. The number of methoxy groups -OCH3 is 1. The van der Waals surface area contributed by atoms with E-state index in [-0.39, 0.29) is 23.7 Å². The van der Waals surface area contributed by atoms with Gasteiger partial charge in [0.25, 0.3) is 0 Å². The summed E-state index contributed by atoms with van der Waals surface area (Å²) in [5.41, 5.74) is 0.617. The maximum atomic E-state index is 12.8. The number of benzene rings is 1. The molecular formula is C23H26N2O5. The van der Waals surface area contributed by atoms with Crippen molar-refractivity contribution >= 4 is 22.8 Å². The van der Waals surface area contributed by atoms with Gasteiger partial charge in [-0.2, -0.15) is 0 Å². The van der Waals surface area contributed by atoms with Crippen LogP contribution < -0.4 is 5.43 Å². The maximum Gasteiger partial charge on any atom is 0.311 e. The Kier molecular flexibility index (Phi) is 5.47. The number of amides is 1. The Morgan fingerprint density at radius 2 is 2.03 bits per heavy atom. The van der Waals surface area contributed by atoms with E-state index < -0.39 is 11.5 Å². The Hall–Kier alpha value is -2.93. The monoisotopic (exact) mass is 410 g/mol. The normalized spacial score (nSPS) is 21.3. The number of carbonyl (C=O) groups excluding carboxylic acids is 2. The van der Waals surface area contributed by atoms with Gasteiger partial charge < -0.3 is 14.1 Å². The third-order valence-electron chi connectivity index (χ3n) is 6.53. The molecule has 7 nitrogen and oxygen atoms in total. The molecule has 0 aliphatic carbocycles. The number of hydrogen-bond acceptors (Lipinski definition) is 6. The molecule has 2 fully saturated rings. The summed E-state index contributed by atoms with van der Waals surface area (Å²) in [7, 11) is 1.37. The molecule has 2 aliphatic heterocycles. The van der Waals surface area contributed by atoms with E-state index in [2.05, 4.69) is 11.5 Å². The summed E-state index contributed by atoms with van der Waals surface area (Å²) in [4.78, 5) is 41.8. The minimum absolute atomic E-state index is 0.0195. The van der Waals surface area contributed by atoms with E-state index in [0.717, 1.165) is 0 Å². The van der Waals surface area contributed by atoms with Crippen molar-refractivity contribution < 1.29 is 18.7 Å². The predicted octanol–water partition coefficient (Wildman–Crippen LogP) is 2.34. The molecule has 0 radical (unpaired) electrons. The van der Waals surface area contributed by atoms with Gasteiger partial charge in [0.15, 0.2) is 5.43 Å². The topological polar surface area (TPSA) is 80.1 Å². The molecule has 1 aromatic heterocycles. The molecule has 1 spiro atoms. The largest absolute Gasteiger partial charge is 0.469 e. The Morgan fingerprint density at radius 1 is 1.30 bits per heavy atom. The lowest BCUT2D eigenvalue weighted by molar-refractivity contribution is -0.150. The summed E-state index contributed by atoms with van der Waals surface area (Å²) in [6.45, 7) is 5.99. The fourth-order valence-electron chi connectivity index (χ4n) is 4.95. The van der Waals surface area contributed by atoms with Gasteiger partial charge in [-0.3, -0.25) is 19.3 Å². The van der Waals surface area contributed by atoms with Crippen LogP contribution in [-0.4, -0.2) is 54.0 Å². The lowest BCUT2D eigenvalue weighted by Gasteiger charge is -2.46. The van der Waals surface area contributed by atoms with Crippen LogP contribution in [0.25, 0.3) is 11.0 Å². The van der Waals surface area contributed by atoms with Crippen LogP contribution in [-0.2, 0) is 20.9 Å². The van der Waals surface area contributed by atoms with Crippen LogP contribution in [0, 0.1) is 5.92 Å². The molecule has 0 saturated carbocycles. The van der Waals surface area contributed by atoms with Crippen molar-refractivity contribution in [2.45, 2.75) is 31.3 Å². The van der Waals surface area contributed by atoms with Crippen LogP contribution in [0.15, 0.2) is 52.4 Å². The molecule has 3 heterocycles. The number of ether oxygens (including phenoxy) is 1. The van der Waals surface area contributed by atoms with Crippen LogP contribution >= 0.6 is 0 Å². The molecular weight excluding hydrogens is 384 g/mol. The summed E-state index contributed by atoms with van der Waals surface area (Å²) < 4.78 is 10.6. The number of para-hydroxylation sites is 1. The minimum atomic E-state index is -0.553. The fourth-order valence-corrected chi connectivity index (χ4v) is 4.95. The number of hydrogen-bond donors (Lipinski definition) is 0. The van der Waals surface area contributed by atoms with Gasteiger partial charge >= 0.3 is 5.97 Å². The molecule has 2 saturated heterocycles. The van der Waals surface area contributed by atoms with Gasteiger partial charge in [-0.05, 0) is 25.0 Å². The lowest BCUT2D eigenvalue weighted by Crippen LogP contribution is -2.57. The summed E-state index contributed by atoms with van der Waals surface area (Å²) in [6, 6.07) is 7.22. The Labute approximate surface area is 174 Å². The molecule has 0 bridgehead atoms. The summed E-state index contributed by atoms with van der Waals surface area (Å²) in [5.74, 6) is -0.838. The first-order chi connectivity index (χ1) is 14.5. The molecule has 2 aromatic rings. The number of piperidine rings is 1. The third-order valence-corrected chi connectivity index (χ3v) is 6.53. The summed E-state index contributed by atoms with van der Waals surface area (Å²) >= 11 is 0. The highest BCUT2D eigenvalue weighted by atomic mass is 16.5. The first-order valence-electron chi connectivity index (χ1n) is 10.2. The first-order valence-corrected chi connectivity index (χ1v) is 10.2. The number of esters is 1. The van der Waals surface area contributed by atoms with Crippen molar-refractivity contribution in [2.24, 2.45) is 5.92 Å². The average molecular weight is 410 g/mol. The Balaban J connectivity index is 1.54. The third kappa shape index (κ3) is 3.33. The second-order valence-corrected chi connectivity index (χ2v) is 8.04. The highest BCUT2D eigenvalue weighted by molar-refractivity contribution is 5.89. The zero-order valence-corrected chi connectivity index (χ0v) is 17.1. The molecule has 4 rings (SSSR count). The first kappa shape index (κ1) is 20.3. The second kappa shape index (κ2) is 8.07. The van der Waals surface area contributed by atoms with Crippen LogP contribution in [0.2, 0.25) is 0 Å². The Bertz CT molecular complexity index is 1040. The maximum absolute atomic E-state index is 12.8. The van der Waals surface area contributed by atoms with Crippen molar-refractivity contribution in [2.75, 3.05) is 26.7 Å². The van der Waals surface area contributed by atoms with Crippen LogP contribution in [0.4, 0.5) is 0 Å². The van der Waals surface area contributed by atoms with E-state index in [1.165, 1.54) is 13.4 Å². The highest BCUT2D eigenvalue weighted by Crippen LogP contribution is 2.44. The smallest absolute Gasteiger partial charge is 0.311 e. The zero-order valence-electron chi connectivity index (χ0n) is 17.1. The number of likely N-dealkylation sites (tertiary alicyclic amines) is 2. The molecule has 1 aromatic carbocycles. The molecule has 1 atom stereocenters. The van der Waals surface area contributed by atoms with Gasteiger partial charge in [-0.15, -0.1) is 6.58 Å². The van der Waals surface area contributed by atoms with Gasteiger partial charge in [0, 0.05) is 38.2 Å².